The number of benzene rings is 3. The highest BCUT2D eigenvalue weighted by atomic mass is 16.6. The molecule has 184 valence electrons. The molecule has 4 aliphatic heterocycles. The molecule has 0 spiro atoms. The second kappa shape index (κ2) is 8.72. The number of nitrogens with zero attached hydrogens (tertiary/aromatic N) is 1. The van der Waals surface area contributed by atoms with Crippen molar-refractivity contribution >= 4 is 5.97 Å². The smallest absolute Gasteiger partial charge is 0.326 e. The fourth-order valence-corrected chi connectivity index (χ4v) is 5.43. The zero-order valence-corrected chi connectivity index (χ0v) is 19.5. The Balaban J connectivity index is 1.32. The fourth-order valence-electron chi connectivity index (χ4n) is 5.43. The molecule has 3 aromatic rings. The van der Waals surface area contributed by atoms with Gasteiger partial charge in [-0.05, 0) is 41.0 Å². The van der Waals surface area contributed by atoms with Gasteiger partial charge < -0.3 is 28.4 Å². The summed E-state index contributed by atoms with van der Waals surface area (Å²) in [5.41, 5.74) is 2.78. The van der Waals surface area contributed by atoms with Gasteiger partial charge in [-0.1, -0.05) is 42.5 Å². The van der Waals surface area contributed by atoms with Crippen molar-refractivity contribution in [3.8, 4) is 23.0 Å². The molecule has 4 heterocycles. The van der Waals surface area contributed by atoms with E-state index in [1.54, 1.807) is 0 Å². The van der Waals surface area contributed by atoms with Crippen molar-refractivity contribution in [3.63, 3.8) is 0 Å². The lowest BCUT2D eigenvalue weighted by molar-refractivity contribution is -0.163. The van der Waals surface area contributed by atoms with Crippen LogP contribution in [0.25, 0.3) is 0 Å². The number of esters is 1. The van der Waals surface area contributed by atoms with Crippen LogP contribution in [0.15, 0.2) is 66.7 Å². The van der Waals surface area contributed by atoms with Gasteiger partial charge in [0.15, 0.2) is 23.0 Å². The van der Waals surface area contributed by atoms with Gasteiger partial charge in [0.25, 0.3) is 0 Å². The number of cyclic esters (lactones) is 1. The molecule has 36 heavy (non-hydrogen) atoms. The molecule has 0 N–H and O–H groups in total. The molecule has 2 fully saturated rings. The molecule has 0 radical (unpaired) electrons. The highest BCUT2D eigenvalue weighted by Crippen LogP contribution is 2.51. The Morgan fingerprint density at radius 2 is 1.25 bits per heavy atom. The lowest BCUT2D eigenvalue weighted by Gasteiger charge is -2.39. The zero-order valence-electron chi connectivity index (χ0n) is 19.5. The molecule has 3 aromatic carbocycles. The molecule has 0 amide bonds. The van der Waals surface area contributed by atoms with Gasteiger partial charge in [0.2, 0.25) is 0 Å². The van der Waals surface area contributed by atoms with Gasteiger partial charge in [-0.3, -0.25) is 4.79 Å². The first-order valence-electron chi connectivity index (χ1n) is 12.2. The van der Waals surface area contributed by atoms with E-state index in [1.165, 1.54) is 0 Å². The molecule has 7 rings (SSSR count). The van der Waals surface area contributed by atoms with E-state index in [-0.39, 0.29) is 18.6 Å². The Morgan fingerprint density at radius 1 is 0.639 bits per heavy atom. The minimum atomic E-state index is -0.635. The van der Waals surface area contributed by atoms with Gasteiger partial charge in [0, 0.05) is 0 Å². The van der Waals surface area contributed by atoms with Gasteiger partial charge in [0.1, 0.15) is 51.4 Å². The van der Waals surface area contributed by atoms with Crippen molar-refractivity contribution < 1.29 is 33.2 Å². The molecule has 0 aliphatic carbocycles. The molecule has 4 aliphatic rings. The quantitative estimate of drug-likeness (QED) is 0.514. The summed E-state index contributed by atoms with van der Waals surface area (Å²) >= 11 is 0. The van der Waals surface area contributed by atoms with Crippen molar-refractivity contribution in [1.29, 1.82) is 0 Å². The standard InChI is InChI=1S/C28H25NO7/c30-28-25-26(18-6-8-21-23(14-18)33-12-10-31-21)36-27(19-7-9-22-24(15-19)34-13-11-32-22)29(25)20(16-35-28)17-4-2-1-3-5-17/h1-9,14-15,20,25-27H,10-13,16H2/t20-,25?,26+,27+/m1/s1. The van der Waals surface area contributed by atoms with Crippen LogP contribution in [0, 0.1) is 0 Å². The third kappa shape index (κ3) is 3.56. The molecular weight excluding hydrogens is 462 g/mol. The van der Waals surface area contributed by atoms with E-state index in [2.05, 4.69) is 17.0 Å². The van der Waals surface area contributed by atoms with Crippen molar-refractivity contribution in [2.24, 2.45) is 0 Å². The maximum absolute atomic E-state index is 13.3. The number of carbonyl (C=O) groups excluding carboxylic acids is 1. The summed E-state index contributed by atoms with van der Waals surface area (Å²) in [6.07, 6.45) is -1.06. The summed E-state index contributed by atoms with van der Waals surface area (Å²) in [6.45, 7) is 2.26. The number of rotatable bonds is 3. The monoisotopic (exact) mass is 487 g/mol. The van der Waals surface area contributed by atoms with Gasteiger partial charge >= 0.3 is 5.97 Å². The van der Waals surface area contributed by atoms with Gasteiger partial charge in [0.05, 0.1) is 6.04 Å². The van der Waals surface area contributed by atoms with E-state index in [1.807, 2.05) is 54.6 Å². The maximum Gasteiger partial charge on any atom is 0.326 e. The molecule has 8 nitrogen and oxygen atoms in total. The Kier molecular flexibility index (Phi) is 5.22. The van der Waals surface area contributed by atoms with E-state index >= 15 is 0 Å². The Hall–Kier alpha value is -3.75. The summed E-state index contributed by atoms with van der Waals surface area (Å²) in [4.78, 5) is 15.4. The number of hydrogen-bond donors (Lipinski definition) is 0. The lowest BCUT2D eigenvalue weighted by Crippen LogP contribution is -2.49. The summed E-state index contributed by atoms with van der Waals surface area (Å²) in [6, 6.07) is 20.8. The molecular formula is C28H25NO7. The average molecular weight is 488 g/mol. The first-order chi connectivity index (χ1) is 17.8. The molecule has 1 unspecified atom stereocenters. The van der Waals surface area contributed by atoms with Crippen molar-refractivity contribution in [2.45, 2.75) is 24.4 Å². The van der Waals surface area contributed by atoms with E-state index in [0.29, 0.717) is 49.4 Å². The van der Waals surface area contributed by atoms with Gasteiger partial charge in [-0.2, -0.15) is 0 Å². The predicted molar refractivity (Wildman–Crippen MR) is 127 cm³/mol. The summed E-state index contributed by atoms with van der Waals surface area (Å²) in [5, 5.41) is 0. The summed E-state index contributed by atoms with van der Waals surface area (Å²) in [5.74, 6) is 2.43. The van der Waals surface area contributed by atoms with Gasteiger partial charge in [-0.25, -0.2) is 4.90 Å². The van der Waals surface area contributed by atoms with Crippen molar-refractivity contribution in [2.75, 3.05) is 33.0 Å². The summed E-state index contributed by atoms with van der Waals surface area (Å²) < 4.78 is 35.5. The molecule has 2 saturated heterocycles. The number of fused-ring (bicyclic) bond motifs is 3. The Labute approximate surface area is 208 Å². The predicted octanol–water partition coefficient (Wildman–Crippen LogP) is 3.97. The Bertz CT molecular complexity index is 1300. The van der Waals surface area contributed by atoms with Crippen LogP contribution in [0.3, 0.4) is 0 Å². The highest BCUT2D eigenvalue weighted by Gasteiger charge is 2.54. The number of hydrogen-bond acceptors (Lipinski definition) is 8. The van der Waals surface area contributed by atoms with Crippen LogP contribution in [0.4, 0.5) is 0 Å². The minimum absolute atomic E-state index is 0.172. The van der Waals surface area contributed by atoms with Crippen LogP contribution < -0.4 is 18.9 Å². The summed E-state index contributed by atoms with van der Waals surface area (Å²) in [7, 11) is 0. The third-order valence-electron chi connectivity index (χ3n) is 7.07. The van der Waals surface area contributed by atoms with Crippen LogP contribution in [0.1, 0.15) is 35.1 Å². The van der Waals surface area contributed by atoms with Gasteiger partial charge in [-0.15, -0.1) is 0 Å². The van der Waals surface area contributed by atoms with E-state index in [0.717, 1.165) is 16.7 Å². The third-order valence-corrected chi connectivity index (χ3v) is 7.07. The van der Waals surface area contributed by atoms with E-state index < -0.39 is 18.4 Å². The molecule has 8 heteroatoms. The number of ether oxygens (including phenoxy) is 6. The molecule has 0 aromatic heterocycles. The second-order valence-corrected chi connectivity index (χ2v) is 9.16. The fraction of sp³-hybridized carbons (Fsp3) is 0.321. The van der Waals surface area contributed by atoms with Crippen LogP contribution >= 0.6 is 0 Å². The Morgan fingerprint density at radius 3 is 1.94 bits per heavy atom. The zero-order chi connectivity index (χ0) is 24.1. The van der Waals surface area contributed by atoms with Crippen LogP contribution in [0.5, 0.6) is 23.0 Å². The second-order valence-electron chi connectivity index (χ2n) is 9.16. The van der Waals surface area contributed by atoms with E-state index in [4.69, 9.17) is 28.4 Å². The first kappa shape index (κ1) is 21.5. The topological polar surface area (TPSA) is 75.7 Å². The van der Waals surface area contributed by atoms with Crippen LogP contribution in [-0.2, 0) is 14.3 Å². The lowest BCUT2D eigenvalue weighted by atomic mass is 9.96. The average Bonchev–Trinajstić information content (AvgIpc) is 3.35. The highest BCUT2D eigenvalue weighted by molar-refractivity contribution is 5.78. The number of morpholine rings is 1. The molecule has 0 bridgehead atoms. The van der Waals surface area contributed by atoms with Crippen LogP contribution in [-0.4, -0.2) is 49.9 Å². The van der Waals surface area contributed by atoms with Crippen molar-refractivity contribution in [1.82, 2.24) is 4.90 Å². The molecule has 0 saturated carbocycles. The first-order valence-corrected chi connectivity index (χ1v) is 12.2. The minimum Gasteiger partial charge on any atom is -0.486 e. The SMILES string of the molecule is O=C1OC[C@H](c2ccccc2)N2C1[C@H](c1ccc3c(c1)OCCO3)O[C@H]2c1ccc2c(c1)OCCO2. The van der Waals surface area contributed by atoms with Crippen molar-refractivity contribution in [3.05, 3.63) is 83.4 Å². The largest absolute Gasteiger partial charge is 0.486 e. The maximum atomic E-state index is 13.3. The van der Waals surface area contributed by atoms with Crippen LogP contribution in [0.2, 0.25) is 0 Å². The van der Waals surface area contributed by atoms with E-state index in [9.17, 15) is 4.79 Å². The molecule has 4 atom stereocenters. The normalized spacial score (nSPS) is 26.7. The number of carbonyl (C=O) groups is 1.